The van der Waals surface area contributed by atoms with Gasteiger partial charge in [-0.25, -0.2) is 0 Å². The molecule has 0 bridgehead atoms. The Labute approximate surface area is 114 Å². The van der Waals surface area contributed by atoms with Gasteiger partial charge in [0, 0.05) is 24.5 Å². The normalized spacial score (nSPS) is 18.5. The average molecular weight is 292 g/mol. The molecule has 2 heterocycles. The molecular weight excluding hydrogens is 278 g/mol. The number of carbonyl (C=O) groups excluding carboxylic acids is 1. The van der Waals surface area contributed by atoms with Crippen LogP contribution in [0.5, 0.6) is 0 Å². The fourth-order valence-electron chi connectivity index (χ4n) is 1.92. The Balaban J connectivity index is 0.00000162. The maximum atomic E-state index is 12.0. The van der Waals surface area contributed by atoms with Crippen molar-refractivity contribution in [2.24, 2.45) is 11.7 Å². The first-order chi connectivity index (χ1) is 8.11. The van der Waals surface area contributed by atoms with Crippen LogP contribution in [-0.2, 0) is 0 Å². The summed E-state index contributed by atoms with van der Waals surface area (Å²) in [5, 5.41) is 12.1. The molecule has 0 aliphatic carbocycles. The minimum atomic E-state index is -0.478. The number of carbonyl (C=O) groups is 1. The van der Waals surface area contributed by atoms with E-state index in [0.717, 1.165) is 17.8 Å². The molecule has 0 radical (unpaired) electrons. The number of hydrogen-bond acceptors (Lipinski definition) is 5. The number of thiophene rings is 1. The summed E-state index contributed by atoms with van der Waals surface area (Å²) in [7, 11) is 0. The van der Waals surface area contributed by atoms with Crippen molar-refractivity contribution < 1.29 is 9.72 Å². The number of halogens is 1. The Morgan fingerprint density at radius 1 is 1.67 bits per heavy atom. The van der Waals surface area contributed by atoms with Crippen molar-refractivity contribution in [2.75, 3.05) is 19.6 Å². The lowest BCUT2D eigenvalue weighted by Crippen LogP contribution is -2.29. The lowest BCUT2D eigenvalue weighted by Gasteiger charge is -2.14. The lowest BCUT2D eigenvalue weighted by atomic mass is 10.1. The van der Waals surface area contributed by atoms with E-state index in [1.54, 1.807) is 4.90 Å². The van der Waals surface area contributed by atoms with E-state index >= 15 is 0 Å². The molecule has 1 aromatic rings. The second kappa shape index (κ2) is 6.12. The topological polar surface area (TPSA) is 89.5 Å². The molecule has 2 rings (SSSR count). The van der Waals surface area contributed by atoms with Crippen LogP contribution in [0.3, 0.4) is 0 Å². The number of nitrogens with two attached hydrogens (primary N) is 1. The molecule has 8 heteroatoms. The number of nitro groups is 1. The van der Waals surface area contributed by atoms with Crippen molar-refractivity contribution in [1.29, 1.82) is 0 Å². The number of hydrogen-bond donors (Lipinski definition) is 1. The predicted octanol–water partition coefficient (Wildman–Crippen LogP) is 1.50. The maximum absolute atomic E-state index is 12.0. The Hall–Kier alpha value is -1.18. The number of likely N-dealkylation sites (tertiary alicyclic amines) is 1. The standard InChI is InChI=1S/C10H13N3O3S.ClH/c11-4-7-1-2-12(5-7)10(14)8-3-9(13(15)16)17-6-8;/h3,6-7H,1-2,4-5,11H2;1H. The SMILES string of the molecule is Cl.NCC1CCN(C(=O)c2csc([N+](=O)[O-])c2)C1. The molecule has 6 nitrogen and oxygen atoms in total. The van der Waals surface area contributed by atoms with E-state index < -0.39 is 4.92 Å². The van der Waals surface area contributed by atoms with Crippen molar-refractivity contribution >= 4 is 34.7 Å². The molecule has 18 heavy (non-hydrogen) atoms. The summed E-state index contributed by atoms with van der Waals surface area (Å²) in [6, 6.07) is 1.34. The highest BCUT2D eigenvalue weighted by molar-refractivity contribution is 7.13. The van der Waals surface area contributed by atoms with Crippen LogP contribution in [0, 0.1) is 16.0 Å². The summed E-state index contributed by atoms with van der Waals surface area (Å²) in [4.78, 5) is 23.8. The molecule has 1 aliphatic rings. The van der Waals surface area contributed by atoms with Gasteiger partial charge in [0.25, 0.3) is 5.91 Å². The van der Waals surface area contributed by atoms with E-state index in [0.29, 0.717) is 31.1 Å². The van der Waals surface area contributed by atoms with Crippen molar-refractivity contribution in [1.82, 2.24) is 4.90 Å². The lowest BCUT2D eigenvalue weighted by molar-refractivity contribution is -0.380. The fraction of sp³-hybridized carbons (Fsp3) is 0.500. The van der Waals surface area contributed by atoms with Crippen molar-refractivity contribution in [3.8, 4) is 0 Å². The highest BCUT2D eigenvalue weighted by atomic mass is 35.5. The molecule has 1 aromatic heterocycles. The first-order valence-electron chi connectivity index (χ1n) is 5.34. The highest BCUT2D eigenvalue weighted by Crippen LogP contribution is 2.25. The second-order valence-electron chi connectivity index (χ2n) is 4.07. The Morgan fingerprint density at radius 2 is 2.39 bits per heavy atom. The van der Waals surface area contributed by atoms with E-state index in [4.69, 9.17) is 5.73 Å². The third-order valence-corrected chi connectivity index (χ3v) is 3.80. The zero-order chi connectivity index (χ0) is 12.4. The molecule has 1 saturated heterocycles. The van der Waals surface area contributed by atoms with Crippen molar-refractivity contribution in [3.05, 3.63) is 27.1 Å². The molecule has 2 N–H and O–H groups in total. The van der Waals surface area contributed by atoms with Crippen LogP contribution < -0.4 is 5.73 Å². The highest BCUT2D eigenvalue weighted by Gasteiger charge is 2.27. The number of amides is 1. The van der Waals surface area contributed by atoms with Gasteiger partial charge in [0.05, 0.1) is 10.5 Å². The Morgan fingerprint density at radius 3 is 2.89 bits per heavy atom. The van der Waals surface area contributed by atoms with E-state index in [2.05, 4.69) is 0 Å². The van der Waals surface area contributed by atoms with Crippen LogP contribution in [0.4, 0.5) is 5.00 Å². The summed E-state index contributed by atoms with van der Waals surface area (Å²) in [5.74, 6) is 0.220. The zero-order valence-electron chi connectivity index (χ0n) is 9.57. The number of nitrogens with zero attached hydrogens (tertiary/aromatic N) is 2. The van der Waals surface area contributed by atoms with Crippen LogP contribution in [0.15, 0.2) is 11.4 Å². The van der Waals surface area contributed by atoms with E-state index in [1.807, 2.05) is 0 Å². The summed E-state index contributed by atoms with van der Waals surface area (Å²) in [5.41, 5.74) is 5.96. The summed E-state index contributed by atoms with van der Waals surface area (Å²) in [6.07, 6.45) is 0.911. The first-order valence-corrected chi connectivity index (χ1v) is 6.22. The van der Waals surface area contributed by atoms with E-state index in [-0.39, 0.29) is 23.3 Å². The van der Waals surface area contributed by atoms with Crippen LogP contribution in [0.25, 0.3) is 0 Å². The maximum Gasteiger partial charge on any atom is 0.324 e. The quantitative estimate of drug-likeness (QED) is 0.675. The summed E-state index contributed by atoms with van der Waals surface area (Å²) in [6.45, 7) is 1.91. The Kier molecular flexibility index (Phi) is 5.06. The molecule has 1 aliphatic heterocycles. The van der Waals surface area contributed by atoms with E-state index in [1.165, 1.54) is 11.4 Å². The largest absolute Gasteiger partial charge is 0.338 e. The first kappa shape index (κ1) is 14.9. The van der Waals surface area contributed by atoms with Gasteiger partial charge in [-0.05, 0) is 18.9 Å². The molecule has 0 spiro atoms. The van der Waals surface area contributed by atoms with E-state index in [9.17, 15) is 14.9 Å². The predicted molar refractivity (Wildman–Crippen MR) is 71.3 cm³/mol. The molecule has 1 unspecified atom stereocenters. The van der Waals surface area contributed by atoms with Gasteiger partial charge in [-0.1, -0.05) is 11.3 Å². The second-order valence-corrected chi connectivity index (χ2v) is 4.96. The van der Waals surface area contributed by atoms with Gasteiger partial charge in [0.1, 0.15) is 0 Å². The van der Waals surface area contributed by atoms with Gasteiger partial charge >= 0.3 is 5.00 Å². The van der Waals surface area contributed by atoms with Gasteiger partial charge < -0.3 is 10.6 Å². The van der Waals surface area contributed by atoms with Crippen molar-refractivity contribution in [2.45, 2.75) is 6.42 Å². The van der Waals surface area contributed by atoms with Gasteiger partial charge in [-0.15, -0.1) is 12.4 Å². The fourth-order valence-corrected chi connectivity index (χ4v) is 2.62. The van der Waals surface area contributed by atoms with Crippen LogP contribution in [-0.4, -0.2) is 35.4 Å². The molecule has 0 aromatic carbocycles. The molecule has 100 valence electrons. The number of rotatable bonds is 3. The molecule has 1 atom stereocenters. The molecule has 0 saturated carbocycles. The van der Waals surface area contributed by atoms with Gasteiger partial charge in [-0.3, -0.25) is 14.9 Å². The third kappa shape index (κ3) is 2.98. The summed E-state index contributed by atoms with van der Waals surface area (Å²) >= 11 is 0.980. The third-order valence-electron chi connectivity index (χ3n) is 2.92. The minimum Gasteiger partial charge on any atom is -0.338 e. The smallest absolute Gasteiger partial charge is 0.324 e. The monoisotopic (exact) mass is 291 g/mol. The van der Waals surface area contributed by atoms with Gasteiger partial charge in [-0.2, -0.15) is 0 Å². The molecular formula is C10H14ClN3O3S. The van der Waals surface area contributed by atoms with Crippen LogP contribution in [0.2, 0.25) is 0 Å². The van der Waals surface area contributed by atoms with Crippen molar-refractivity contribution in [3.63, 3.8) is 0 Å². The van der Waals surface area contributed by atoms with Gasteiger partial charge in [0.2, 0.25) is 0 Å². The molecule has 1 fully saturated rings. The molecule has 1 amide bonds. The minimum absolute atomic E-state index is 0. The van der Waals surface area contributed by atoms with Crippen LogP contribution >= 0.6 is 23.7 Å². The average Bonchev–Trinajstić information content (AvgIpc) is 2.97. The summed E-state index contributed by atoms with van der Waals surface area (Å²) < 4.78 is 0. The van der Waals surface area contributed by atoms with Crippen LogP contribution in [0.1, 0.15) is 16.8 Å². The zero-order valence-corrected chi connectivity index (χ0v) is 11.2. The Bertz CT molecular complexity index is 451. The van der Waals surface area contributed by atoms with Gasteiger partial charge in [0.15, 0.2) is 0 Å².